The minimum Gasteiger partial charge on any atom is -0.310 e. The summed E-state index contributed by atoms with van der Waals surface area (Å²) in [4.78, 5) is 19.4. The zero-order valence-corrected chi connectivity index (χ0v) is 16.1. The minimum atomic E-state index is -3.61. The number of carbonyl (C=O) groups excluding carboxylic acids is 1. The molecule has 1 atom stereocenters. The Hall–Kier alpha value is -2.67. The Balaban J connectivity index is 1.65. The highest BCUT2D eigenvalue weighted by Gasteiger charge is 2.32. The second kappa shape index (κ2) is 6.49. The van der Waals surface area contributed by atoms with E-state index in [9.17, 15) is 13.2 Å². The van der Waals surface area contributed by atoms with Crippen molar-refractivity contribution in [2.45, 2.75) is 37.6 Å². The van der Waals surface area contributed by atoms with Crippen LogP contribution in [0.25, 0.3) is 0 Å². The van der Waals surface area contributed by atoms with Gasteiger partial charge in [0.1, 0.15) is 11.9 Å². The number of aliphatic imine (C=N–C) groups is 1. The molecule has 6 nitrogen and oxygen atoms in total. The summed E-state index contributed by atoms with van der Waals surface area (Å²) >= 11 is 0. The summed E-state index contributed by atoms with van der Waals surface area (Å²) in [5.74, 6) is 0.100. The molecule has 0 saturated carbocycles. The number of carbonyl (C=O) groups is 1. The third-order valence-corrected chi connectivity index (χ3v) is 6.36. The van der Waals surface area contributed by atoms with E-state index in [1.807, 2.05) is 19.1 Å². The molecule has 140 valence electrons. The number of nitrogens with zero attached hydrogens (tertiary/aromatic N) is 2. The van der Waals surface area contributed by atoms with E-state index in [4.69, 9.17) is 0 Å². The lowest BCUT2D eigenvalue weighted by molar-refractivity contribution is -0.119. The molecule has 0 spiro atoms. The van der Waals surface area contributed by atoms with Gasteiger partial charge in [-0.1, -0.05) is 29.8 Å². The molecule has 2 aromatic carbocycles. The van der Waals surface area contributed by atoms with E-state index in [0.29, 0.717) is 12.1 Å². The van der Waals surface area contributed by atoms with Crippen molar-refractivity contribution < 1.29 is 13.2 Å². The average molecular weight is 383 g/mol. The highest BCUT2D eigenvalue weighted by Crippen LogP contribution is 2.29. The monoisotopic (exact) mass is 383 g/mol. The second-order valence-electron chi connectivity index (χ2n) is 6.98. The van der Waals surface area contributed by atoms with Crippen molar-refractivity contribution in [3.8, 4) is 0 Å². The molecule has 4 rings (SSSR count). The summed E-state index contributed by atoms with van der Waals surface area (Å²) in [5.41, 5.74) is 3.78. The van der Waals surface area contributed by atoms with Gasteiger partial charge in [0.2, 0.25) is 0 Å². The molecule has 1 amide bonds. The van der Waals surface area contributed by atoms with Crippen LogP contribution in [0, 0.1) is 6.92 Å². The van der Waals surface area contributed by atoms with Gasteiger partial charge in [-0.05, 0) is 50.5 Å². The van der Waals surface area contributed by atoms with E-state index < -0.39 is 16.1 Å². The molecule has 27 heavy (non-hydrogen) atoms. The van der Waals surface area contributed by atoms with Gasteiger partial charge in [0.15, 0.2) is 0 Å². The van der Waals surface area contributed by atoms with Crippen LogP contribution in [0.3, 0.4) is 0 Å². The van der Waals surface area contributed by atoms with E-state index in [-0.39, 0.29) is 16.6 Å². The number of rotatable bonds is 2. The summed E-state index contributed by atoms with van der Waals surface area (Å²) in [6.07, 6.45) is 1.86. The lowest BCUT2D eigenvalue weighted by Gasteiger charge is -2.31. The van der Waals surface area contributed by atoms with Gasteiger partial charge in [0, 0.05) is 17.8 Å². The first-order valence-electron chi connectivity index (χ1n) is 8.98. The van der Waals surface area contributed by atoms with Crippen LogP contribution in [-0.4, -0.2) is 32.7 Å². The maximum Gasteiger partial charge on any atom is 0.263 e. The Morgan fingerprint density at radius 1 is 1.22 bits per heavy atom. The smallest absolute Gasteiger partial charge is 0.263 e. The van der Waals surface area contributed by atoms with E-state index in [1.165, 1.54) is 17.2 Å². The normalized spacial score (nSPS) is 19.9. The Morgan fingerprint density at radius 2 is 2.00 bits per heavy atom. The van der Waals surface area contributed by atoms with Crippen LogP contribution in [0.5, 0.6) is 0 Å². The van der Waals surface area contributed by atoms with E-state index in [0.717, 1.165) is 18.5 Å². The van der Waals surface area contributed by atoms with E-state index in [1.54, 1.807) is 30.0 Å². The molecule has 7 heteroatoms. The SMILES string of the molecule is Cc1ccc2c(c1)CCCN2C(=O)C(C)N=C1NS(=O)(=O)c2ccccc21. The van der Waals surface area contributed by atoms with Crippen LogP contribution in [0.2, 0.25) is 0 Å². The Kier molecular flexibility index (Phi) is 4.26. The van der Waals surface area contributed by atoms with Gasteiger partial charge in [-0.2, -0.15) is 0 Å². The molecule has 1 N–H and O–H groups in total. The van der Waals surface area contributed by atoms with Crippen LogP contribution in [0.4, 0.5) is 5.69 Å². The molecule has 2 aliphatic heterocycles. The maximum absolute atomic E-state index is 13.0. The fraction of sp³-hybridized carbons (Fsp3) is 0.300. The number of amides is 1. The van der Waals surface area contributed by atoms with Crippen molar-refractivity contribution in [3.05, 3.63) is 59.2 Å². The van der Waals surface area contributed by atoms with Gasteiger partial charge < -0.3 is 4.90 Å². The average Bonchev–Trinajstić information content (AvgIpc) is 2.91. The Bertz CT molecular complexity index is 1060. The molecule has 2 aromatic rings. The first-order chi connectivity index (χ1) is 12.9. The van der Waals surface area contributed by atoms with Crippen LogP contribution >= 0.6 is 0 Å². The molecule has 0 aliphatic carbocycles. The van der Waals surface area contributed by atoms with Crippen LogP contribution in [0.15, 0.2) is 52.4 Å². The van der Waals surface area contributed by atoms with Crippen LogP contribution in [0.1, 0.15) is 30.0 Å². The topological polar surface area (TPSA) is 78.8 Å². The fourth-order valence-electron chi connectivity index (χ4n) is 3.66. The maximum atomic E-state index is 13.0. The predicted octanol–water partition coefficient (Wildman–Crippen LogP) is 2.40. The van der Waals surface area contributed by atoms with Crippen LogP contribution in [-0.2, 0) is 21.2 Å². The van der Waals surface area contributed by atoms with E-state index in [2.05, 4.69) is 15.8 Å². The quantitative estimate of drug-likeness (QED) is 0.865. The van der Waals surface area contributed by atoms with Crippen molar-refractivity contribution in [2.24, 2.45) is 4.99 Å². The van der Waals surface area contributed by atoms with Gasteiger partial charge in [0.25, 0.3) is 15.9 Å². The third kappa shape index (κ3) is 3.12. The van der Waals surface area contributed by atoms with Gasteiger partial charge in [-0.25, -0.2) is 8.42 Å². The summed E-state index contributed by atoms with van der Waals surface area (Å²) in [6, 6.07) is 12.1. The standard InChI is InChI=1S/C20H21N3O3S/c1-13-9-10-17-15(12-13)6-5-11-23(17)20(24)14(2)21-19-16-7-3-4-8-18(16)27(25,26)22-19/h3-4,7-10,12,14H,5-6,11H2,1-2H3,(H,21,22). The van der Waals surface area contributed by atoms with Crippen molar-refractivity contribution >= 4 is 27.5 Å². The first-order valence-corrected chi connectivity index (χ1v) is 10.5. The Morgan fingerprint density at radius 3 is 2.81 bits per heavy atom. The summed E-state index contributed by atoms with van der Waals surface area (Å²) in [5, 5.41) is 0. The molecular formula is C20H21N3O3S. The van der Waals surface area contributed by atoms with Crippen molar-refractivity contribution in [1.29, 1.82) is 0 Å². The molecule has 2 heterocycles. The zero-order valence-electron chi connectivity index (χ0n) is 15.3. The molecule has 0 bridgehead atoms. The van der Waals surface area contributed by atoms with Gasteiger partial charge in [0.05, 0.1) is 4.90 Å². The Labute approximate surface area is 159 Å². The number of hydrogen-bond acceptors (Lipinski definition) is 4. The van der Waals surface area contributed by atoms with E-state index >= 15 is 0 Å². The highest BCUT2D eigenvalue weighted by molar-refractivity contribution is 7.90. The zero-order chi connectivity index (χ0) is 19.2. The third-order valence-electron chi connectivity index (χ3n) is 4.96. The number of hydrogen-bond donors (Lipinski definition) is 1. The lowest BCUT2D eigenvalue weighted by atomic mass is 9.99. The summed E-state index contributed by atoms with van der Waals surface area (Å²) in [7, 11) is -3.61. The second-order valence-corrected chi connectivity index (χ2v) is 8.63. The molecule has 1 unspecified atom stereocenters. The van der Waals surface area contributed by atoms with Crippen LogP contribution < -0.4 is 9.62 Å². The van der Waals surface area contributed by atoms with Gasteiger partial charge >= 0.3 is 0 Å². The van der Waals surface area contributed by atoms with Crippen molar-refractivity contribution in [2.75, 3.05) is 11.4 Å². The van der Waals surface area contributed by atoms with Crippen molar-refractivity contribution in [1.82, 2.24) is 4.72 Å². The molecule has 0 radical (unpaired) electrons. The fourth-order valence-corrected chi connectivity index (χ4v) is 4.90. The number of sulfonamides is 1. The first kappa shape index (κ1) is 17.7. The molecular weight excluding hydrogens is 362 g/mol. The molecule has 2 aliphatic rings. The number of anilines is 1. The number of aryl methyl sites for hydroxylation is 2. The van der Waals surface area contributed by atoms with Gasteiger partial charge in [-0.3, -0.25) is 14.5 Å². The van der Waals surface area contributed by atoms with Gasteiger partial charge in [-0.15, -0.1) is 0 Å². The van der Waals surface area contributed by atoms with Crippen molar-refractivity contribution in [3.63, 3.8) is 0 Å². The number of benzene rings is 2. The number of fused-ring (bicyclic) bond motifs is 2. The molecule has 0 aromatic heterocycles. The highest BCUT2D eigenvalue weighted by atomic mass is 32.2. The largest absolute Gasteiger partial charge is 0.310 e. The molecule has 0 fully saturated rings. The molecule has 0 saturated heterocycles. The minimum absolute atomic E-state index is 0.129. The number of amidine groups is 1. The number of nitrogens with one attached hydrogen (secondary N) is 1. The predicted molar refractivity (Wildman–Crippen MR) is 105 cm³/mol. The summed E-state index contributed by atoms with van der Waals surface area (Å²) in [6.45, 7) is 4.39. The lowest BCUT2D eigenvalue weighted by Crippen LogP contribution is -2.41. The summed E-state index contributed by atoms with van der Waals surface area (Å²) < 4.78 is 26.9.